The van der Waals surface area contributed by atoms with E-state index < -0.39 is 16.6 Å². The van der Waals surface area contributed by atoms with Gasteiger partial charge in [0.1, 0.15) is 6.10 Å². The van der Waals surface area contributed by atoms with Gasteiger partial charge in [-0.1, -0.05) is 54.0 Å². The minimum absolute atomic E-state index is 0.121. The lowest BCUT2D eigenvalue weighted by Crippen LogP contribution is -2.50. The van der Waals surface area contributed by atoms with Gasteiger partial charge < -0.3 is 18.3 Å². The first kappa shape index (κ1) is 26.8. The van der Waals surface area contributed by atoms with Crippen LogP contribution >= 0.6 is 0 Å². The van der Waals surface area contributed by atoms with E-state index in [1.54, 1.807) is 7.11 Å². The van der Waals surface area contributed by atoms with E-state index in [-0.39, 0.29) is 21.6 Å². The summed E-state index contributed by atoms with van der Waals surface area (Å²) < 4.78 is 26.1. The van der Waals surface area contributed by atoms with E-state index in [1.165, 1.54) is 24.0 Å². The molecule has 188 valence electrons. The first-order valence-corrected chi connectivity index (χ1v) is 18.5. The van der Waals surface area contributed by atoms with Gasteiger partial charge in [-0.15, -0.1) is 0 Å². The molecule has 1 aromatic carbocycles. The van der Waals surface area contributed by atoms with Crippen molar-refractivity contribution >= 4 is 16.6 Å². The van der Waals surface area contributed by atoms with E-state index >= 15 is 0 Å². The van der Waals surface area contributed by atoms with E-state index in [9.17, 15) is 0 Å². The Bertz CT molecular complexity index is 851. The molecule has 6 heteroatoms. The molecule has 1 aromatic rings. The van der Waals surface area contributed by atoms with E-state index in [2.05, 4.69) is 79.9 Å². The van der Waals surface area contributed by atoms with E-state index in [0.717, 1.165) is 30.9 Å². The zero-order chi connectivity index (χ0) is 24.9. The summed E-state index contributed by atoms with van der Waals surface area (Å²) in [6, 6.07) is 4.27. The molecule has 1 aliphatic carbocycles. The number of rotatable bonds is 7. The largest absolute Gasteiger partial charge is 0.493 e. The Kier molecular flexibility index (Phi) is 7.30. The van der Waals surface area contributed by atoms with Gasteiger partial charge in [0, 0.05) is 12.2 Å². The summed E-state index contributed by atoms with van der Waals surface area (Å²) in [4.78, 5) is 0. The Balaban J connectivity index is 2.03. The van der Waals surface area contributed by atoms with Gasteiger partial charge in [-0.05, 0) is 67.2 Å². The predicted octanol–water partition coefficient (Wildman–Crippen LogP) is 7.81. The van der Waals surface area contributed by atoms with Crippen LogP contribution in [-0.4, -0.2) is 36.5 Å². The van der Waals surface area contributed by atoms with Crippen molar-refractivity contribution in [2.75, 3.05) is 13.7 Å². The highest BCUT2D eigenvalue weighted by Crippen LogP contribution is 2.56. The van der Waals surface area contributed by atoms with E-state index in [4.69, 9.17) is 18.3 Å². The molecule has 0 amide bonds. The average molecular weight is 493 g/mol. The Morgan fingerprint density at radius 3 is 2.12 bits per heavy atom. The predicted molar refractivity (Wildman–Crippen MR) is 143 cm³/mol. The third kappa shape index (κ3) is 4.96. The summed E-state index contributed by atoms with van der Waals surface area (Å²) in [7, 11) is -2.04. The molecule has 0 aromatic heterocycles. The number of fused-ring (bicyclic) bond motifs is 3. The Morgan fingerprint density at radius 2 is 1.55 bits per heavy atom. The Hall–Kier alpha value is -0.826. The summed E-state index contributed by atoms with van der Waals surface area (Å²) in [5.74, 6) is 1.77. The molecule has 0 N–H and O–H groups in total. The van der Waals surface area contributed by atoms with Gasteiger partial charge in [0.25, 0.3) is 0 Å². The lowest BCUT2D eigenvalue weighted by Gasteiger charge is -2.44. The fourth-order valence-corrected chi connectivity index (χ4v) is 6.59. The lowest BCUT2D eigenvalue weighted by molar-refractivity contribution is 0.0557. The van der Waals surface area contributed by atoms with Gasteiger partial charge in [-0.3, -0.25) is 0 Å². The van der Waals surface area contributed by atoms with Crippen molar-refractivity contribution in [3.05, 3.63) is 23.3 Å². The zero-order valence-corrected chi connectivity index (χ0v) is 25.1. The summed E-state index contributed by atoms with van der Waals surface area (Å²) >= 11 is 0. The molecule has 0 unspecified atom stereocenters. The maximum Gasteiger partial charge on any atom is 0.192 e. The van der Waals surface area contributed by atoms with Gasteiger partial charge in [-0.2, -0.15) is 0 Å². The quantitative estimate of drug-likeness (QED) is 0.364. The minimum atomic E-state index is -1.90. The van der Waals surface area contributed by atoms with Gasteiger partial charge in [0.2, 0.25) is 0 Å². The first-order valence-electron chi connectivity index (χ1n) is 12.7. The molecule has 0 radical (unpaired) electrons. The van der Waals surface area contributed by atoms with Gasteiger partial charge in [-0.25, -0.2) is 0 Å². The first-order chi connectivity index (χ1) is 15.1. The van der Waals surface area contributed by atoms with Crippen molar-refractivity contribution in [3.8, 4) is 11.5 Å². The fraction of sp³-hybridized carbons (Fsp3) is 0.778. The van der Waals surface area contributed by atoms with Crippen LogP contribution in [0.2, 0.25) is 36.3 Å². The topological polar surface area (TPSA) is 36.9 Å². The second kappa shape index (κ2) is 8.99. The molecular weight excluding hydrogens is 444 g/mol. The Labute approximate surface area is 205 Å². The second-order valence-electron chi connectivity index (χ2n) is 13.2. The third-order valence-corrected chi connectivity index (χ3v) is 18.0. The summed E-state index contributed by atoms with van der Waals surface area (Å²) in [5.41, 5.74) is 2.42. The van der Waals surface area contributed by atoms with Crippen molar-refractivity contribution in [2.45, 2.75) is 122 Å². The van der Waals surface area contributed by atoms with Crippen LogP contribution in [0.4, 0.5) is 0 Å². The molecule has 0 spiro atoms. The highest BCUT2D eigenvalue weighted by atomic mass is 28.4. The number of benzene rings is 1. The molecule has 0 bridgehead atoms. The molecule has 2 atom stereocenters. The molecular formula is C27H48O4Si2. The van der Waals surface area contributed by atoms with Crippen LogP contribution in [0.3, 0.4) is 0 Å². The number of hydrogen-bond acceptors (Lipinski definition) is 4. The maximum atomic E-state index is 6.91. The second-order valence-corrected chi connectivity index (χ2v) is 22.9. The number of ether oxygens (including phenoxy) is 2. The number of hydrogen-bond donors (Lipinski definition) is 0. The standard InChI is InChI=1S/C27H48O4Si2/c1-25(2,3)32(8,9)29-18-20-15-16-21(28-7)24-23(20)27(17-13-12-14-22(27)31-24)19-30-33(10,11)26(4,5)6/h15-16,22H,12-14,17-19H2,1-11H3/t22-,27-/m0/s1. The van der Waals surface area contributed by atoms with Crippen LogP contribution in [0.5, 0.6) is 11.5 Å². The zero-order valence-electron chi connectivity index (χ0n) is 23.1. The van der Waals surface area contributed by atoms with Crippen LogP contribution < -0.4 is 9.47 Å². The van der Waals surface area contributed by atoms with Crippen molar-refractivity contribution in [1.29, 1.82) is 0 Å². The van der Waals surface area contributed by atoms with E-state index in [1.807, 2.05) is 0 Å². The van der Waals surface area contributed by atoms with Crippen molar-refractivity contribution in [1.82, 2.24) is 0 Å². The molecule has 1 saturated carbocycles. The van der Waals surface area contributed by atoms with Crippen LogP contribution in [0.1, 0.15) is 78.4 Å². The van der Waals surface area contributed by atoms with Crippen molar-refractivity contribution in [3.63, 3.8) is 0 Å². The molecule has 1 fully saturated rings. The molecule has 3 rings (SSSR count). The fourth-order valence-electron chi connectivity index (χ4n) is 4.59. The molecule has 33 heavy (non-hydrogen) atoms. The van der Waals surface area contributed by atoms with Gasteiger partial charge in [0.15, 0.2) is 28.1 Å². The van der Waals surface area contributed by atoms with Gasteiger partial charge >= 0.3 is 0 Å². The van der Waals surface area contributed by atoms with Crippen molar-refractivity contribution < 1.29 is 18.3 Å². The minimum Gasteiger partial charge on any atom is -0.493 e. The number of methoxy groups -OCH3 is 1. The monoisotopic (exact) mass is 492 g/mol. The normalized spacial score (nSPS) is 23.7. The maximum absolute atomic E-state index is 6.91. The summed E-state index contributed by atoms with van der Waals surface area (Å²) in [6.07, 6.45) is 4.73. The summed E-state index contributed by atoms with van der Waals surface area (Å²) in [5, 5.41) is 0.356. The van der Waals surface area contributed by atoms with Crippen LogP contribution in [0, 0.1) is 0 Å². The van der Waals surface area contributed by atoms with Crippen LogP contribution in [0.25, 0.3) is 0 Å². The SMILES string of the molecule is COc1ccc(CO[Si](C)(C)C(C)(C)C)c2c1O[C@H]1CCCC[C@@]21CO[Si](C)(C)C(C)(C)C. The van der Waals surface area contributed by atoms with Gasteiger partial charge in [0.05, 0.1) is 19.1 Å². The molecule has 1 heterocycles. The molecule has 4 nitrogen and oxygen atoms in total. The third-order valence-electron chi connectivity index (χ3n) is 9.03. The molecule has 0 saturated heterocycles. The highest BCUT2D eigenvalue weighted by Gasteiger charge is 2.54. The Morgan fingerprint density at radius 1 is 0.939 bits per heavy atom. The lowest BCUT2D eigenvalue weighted by atomic mass is 9.68. The molecule has 2 aliphatic rings. The average Bonchev–Trinajstić information content (AvgIpc) is 3.05. The highest BCUT2D eigenvalue weighted by molar-refractivity contribution is 6.74. The van der Waals surface area contributed by atoms with Crippen molar-refractivity contribution in [2.24, 2.45) is 0 Å². The van der Waals surface area contributed by atoms with Crippen LogP contribution in [-0.2, 0) is 20.9 Å². The van der Waals surface area contributed by atoms with Crippen LogP contribution in [0.15, 0.2) is 12.1 Å². The van der Waals surface area contributed by atoms with E-state index in [0.29, 0.717) is 6.61 Å². The molecule has 1 aliphatic heterocycles. The summed E-state index contributed by atoms with van der Waals surface area (Å²) in [6.45, 7) is 24.5. The smallest absolute Gasteiger partial charge is 0.192 e.